The van der Waals surface area contributed by atoms with Crippen molar-refractivity contribution in [2.45, 2.75) is 40.5 Å². The van der Waals surface area contributed by atoms with Crippen LogP contribution in [0.1, 0.15) is 51.9 Å². The summed E-state index contributed by atoms with van der Waals surface area (Å²) in [6.45, 7) is 8.52. The summed E-state index contributed by atoms with van der Waals surface area (Å²) in [7, 11) is 0. The molecular weight excluding hydrogens is 296 g/mol. The second-order valence-corrected chi connectivity index (χ2v) is 4.51. The molecule has 1 heterocycles. The Balaban J connectivity index is 0.000000366. The Morgan fingerprint density at radius 3 is 2.12 bits per heavy atom. The average molecular weight is 328 g/mol. The lowest BCUT2D eigenvalue weighted by Crippen LogP contribution is -2.07. The van der Waals surface area contributed by atoms with Crippen LogP contribution in [0.4, 0.5) is 0 Å². The van der Waals surface area contributed by atoms with Crippen molar-refractivity contribution in [3.8, 4) is 0 Å². The molecule has 0 atom stereocenters. The van der Waals surface area contributed by atoms with Gasteiger partial charge in [-0.3, -0.25) is 0 Å². The van der Waals surface area contributed by atoms with Crippen LogP contribution in [-0.2, 0) is 0 Å². The molecule has 3 nitrogen and oxygen atoms in total. The highest BCUT2D eigenvalue weighted by Gasteiger charge is 1.99. The number of allylic oxidation sites excluding steroid dienone is 5. The number of hydrogen-bond donors (Lipinski definition) is 2. The van der Waals surface area contributed by atoms with Gasteiger partial charge in [0.1, 0.15) is 5.76 Å². The van der Waals surface area contributed by atoms with E-state index in [9.17, 15) is 0 Å². The van der Waals surface area contributed by atoms with E-state index < -0.39 is 0 Å². The molecule has 0 bridgehead atoms. The fourth-order valence-electron chi connectivity index (χ4n) is 1.93. The molecule has 0 aliphatic heterocycles. The molecule has 1 aromatic heterocycles. The lowest BCUT2D eigenvalue weighted by atomic mass is 10.2. The van der Waals surface area contributed by atoms with Crippen LogP contribution >= 0.6 is 0 Å². The van der Waals surface area contributed by atoms with Crippen LogP contribution in [0.25, 0.3) is 12.2 Å². The molecule has 0 aromatic carbocycles. The third-order valence-electron chi connectivity index (χ3n) is 3.05. The average Bonchev–Trinajstić information content (AvgIpc) is 2.84. The zero-order valence-electron chi connectivity index (χ0n) is 15.5. The van der Waals surface area contributed by atoms with Crippen molar-refractivity contribution < 1.29 is 4.42 Å². The normalized spacial score (nSPS) is 14.0. The number of hydrogen-bond acceptors (Lipinski definition) is 3. The quantitative estimate of drug-likeness (QED) is 0.721. The van der Waals surface area contributed by atoms with E-state index in [0.717, 1.165) is 29.9 Å². The molecule has 0 amide bonds. The van der Waals surface area contributed by atoms with Crippen molar-refractivity contribution in [3.63, 3.8) is 0 Å². The van der Waals surface area contributed by atoms with Crippen LogP contribution in [0.3, 0.4) is 0 Å². The highest BCUT2D eigenvalue weighted by Crippen LogP contribution is 2.17. The largest absolute Gasteiger partial charge is 0.464 e. The lowest BCUT2D eigenvalue weighted by molar-refractivity contribution is 0.556. The summed E-state index contributed by atoms with van der Waals surface area (Å²) in [6, 6.07) is 1.97. The van der Waals surface area contributed by atoms with E-state index in [0.29, 0.717) is 6.54 Å². The number of nitrogens with two attached hydrogens (primary N) is 2. The van der Waals surface area contributed by atoms with Gasteiger partial charge in [0.15, 0.2) is 0 Å². The van der Waals surface area contributed by atoms with Gasteiger partial charge in [0.2, 0.25) is 0 Å². The van der Waals surface area contributed by atoms with Gasteiger partial charge in [-0.2, -0.15) is 0 Å². The van der Waals surface area contributed by atoms with Crippen LogP contribution in [0, 0.1) is 0 Å². The molecule has 0 spiro atoms. The van der Waals surface area contributed by atoms with E-state index in [1.54, 1.807) is 6.26 Å². The molecule has 0 saturated carbocycles. The summed E-state index contributed by atoms with van der Waals surface area (Å²) in [6.07, 6.45) is 19.9. The summed E-state index contributed by atoms with van der Waals surface area (Å²) in [5.41, 5.74) is 14.1. The van der Waals surface area contributed by atoms with Gasteiger partial charge >= 0.3 is 0 Å². The molecule has 24 heavy (non-hydrogen) atoms. The molecule has 132 valence electrons. The molecule has 0 radical (unpaired) electrons. The Morgan fingerprint density at radius 2 is 1.46 bits per heavy atom. The number of furan rings is 1. The minimum absolute atomic E-state index is 0.521. The predicted octanol–water partition coefficient (Wildman–Crippen LogP) is 5.44. The van der Waals surface area contributed by atoms with Crippen molar-refractivity contribution >= 4 is 12.2 Å². The van der Waals surface area contributed by atoms with Crippen molar-refractivity contribution in [1.29, 1.82) is 0 Å². The van der Waals surface area contributed by atoms with Crippen LogP contribution in [0.5, 0.6) is 0 Å². The van der Waals surface area contributed by atoms with Crippen LogP contribution in [0.2, 0.25) is 0 Å². The van der Waals surface area contributed by atoms with Crippen LogP contribution in [0.15, 0.2) is 64.5 Å². The first-order valence-electron chi connectivity index (χ1n) is 8.73. The fraction of sp³-hybridized carbons (Fsp3) is 0.333. The molecule has 0 saturated heterocycles. The maximum absolute atomic E-state index is 5.65. The molecule has 2 aliphatic rings. The Labute approximate surface area is 147 Å². The maximum Gasteiger partial charge on any atom is 0.133 e. The third kappa shape index (κ3) is 7.84. The molecule has 4 N–H and O–H groups in total. The molecule has 2 aliphatic carbocycles. The highest BCUT2D eigenvalue weighted by atomic mass is 16.3. The van der Waals surface area contributed by atoms with Gasteiger partial charge in [0.25, 0.3) is 0 Å². The van der Waals surface area contributed by atoms with Gasteiger partial charge in [-0.25, -0.2) is 0 Å². The summed E-state index contributed by atoms with van der Waals surface area (Å²) in [4.78, 5) is 0. The minimum atomic E-state index is 0.521. The maximum atomic E-state index is 5.65. The third-order valence-corrected chi connectivity index (χ3v) is 3.05. The zero-order valence-corrected chi connectivity index (χ0v) is 15.5. The fourth-order valence-corrected chi connectivity index (χ4v) is 1.93. The Bertz CT molecular complexity index is 560. The first kappa shape index (κ1) is 21.7. The molecule has 0 fully saturated rings. The number of rotatable bonds is 1. The topological polar surface area (TPSA) is 65.2 Å². The van der Waals surface area contributed by atoms with Crippen molar-refractivity contribution in [2.24, 2.45) is 11.5 Å². The van der Waals surface area contributed by atoms with E-state index in [1.165, 1.54) is 5.56 Å². The molecular formula is C21H32N2O. The summed E-state index contributed by atoms with van der Waals surface area (Å²) in [5, 5.41) is 0. The SMILES string of the molecule is C1=Cc2ccoc2C=CC1.CC.CC.NCC1=C(N)C=CCC=C1. The van der Waals surface area contributed by atoms with Gasteiger partial charge < -0.3 is 15.9 Å². The monoisotopic (exact) mass is 328 g/mol. The van der Waals surface area contributed by atoms with E-state index in [4.69, 9.17) is 15.9 Å². The van der Waals surface area contributed by atoms with Crippen molar-refractivity contribution in [2.75, 3.05) is 6.54 Å². The molecule has 3 rings (SSSR count). The summed E-state index contributed by atoms with van der Waals surface area (Å²) in [5.74, 6) is 0.966. The van der Waals surface area contributed by atoms with Crippen molar-refractivity contribution in [3.05, 3.63) is 71.4 Å². The van der Waals surface area contributed by atoms with Gasteiger partial charge in [-0.1, -0.05) is 64.2 Å². The molecule has 1 aromatic rings. The molecule has 0 unspecified atom stereocenters. The van der Waals surface area contributed by atoms with E-state index in [2.05, 4.69) is 24.3 Å². The Kier molecular flexibility index (Phi) is 13.0. The van der Waals surface area contributed by atoms with Gasteiger partial charge in [0.05, 0.1) is 6.26 Å². The smallest absolute Gasteiger partial charge is 0.133 e. The second-order valence-electron chi connectivity index (χ2n) is 4.51. The van der Waals surface area contributed by atoms with Gasteiger partial charge in [-0.05, 0) is 36.6 Å². The summed E-state index contributed by atoms with van der Waals surface area (Å²) >= 11 is 0. The molecule has 3 heteroatoms. The standard InChI is InChI=1S/C9H8O.C8H12N2.2C2H6/c1-2-4-8-6-7-10-9(8)5-3-1;9-6-7-4-2-1-3-5-8(7)10;2*1-2/h2-7H,1H2;2-5H,1,6,9-10H2;2*1-2H3. The van der Waals surface area contributed by atoms with Crippen LogP contribution < -0.4 is 11.5 Å². The van der Waals surface area contributed by atoms with E-state index in [-0.39, 0.29) is 0 Å². The second kappa shape index (κ2) is 14.3. The zero-order chi connectivity index (χ0) is 18.2. The van der Waals surface area contributed by atoms with Gasteiger partial charge in [0, 0.05) is 17.8 Å². The van der Waals surface area contributed by atoms with E-state index in [1.807, 2.05) is 58.1 Å². The number of fused-ring (bicyclic) bond motifs is 1. The van der Waals surface area contributed by atoms with Gasteiger partial charge in [-0.15, -0.1) is 0 Å². The Morgan fingerprint density at radius 1 is 0.875 bits per heavy atom. The predicted molar refractivity (Wildman–Crippen MR) is 107 cm³/mol. The van der Waals surface area contributed by atoms with E-state index >= 15 is 0 Å². The minimum Gasteiger partial charge on any atom is -0.464 e. The first-order chi connectivity index (χ1) is 11.8. The van der Waals surface area contributed by atoms with Crippen molar-refractivity contribution in [1.82, 2.24) is 0 Å². The highest BCUT2D eigenvalue weighted by molar-refractivity contribution is 5.63. The summed E-state index contributed by atoms with van der Waals surface area (Å²) < 4.78 is 5.20. The van der Waals surface area contributed by atoms with Crippen LogP contribution in [-0.4, -0.2) is 6.54 Å². The lowest BCUT2D eigenvalue weighted by Gasteiger charge is -1.98. The Hall–Kier alpha value is -2.26. The first-order valence-corrected chi connectivity index (χ1v) is 8.73.